The van der Waals surface area contributed by atoms with Gasteiger partial charge >= 0.3 is 10.3 Å². The Morgan fingerprint density at radius 3 is 2.02 bits per heavy atom. The molecule has 12 heteroatoms. The van der Waals surface area contributed by atoms with E-state index in [0.29, 0.717) is 16.9 Å². The summed E-state index contributed by atoms with van der Waals surface area (Å²) in [5.74, 6) is -0.937. The number of fused-ring (bicyclic) bond motifs is 2. The van der Waals surface area contributed by atoms with Crippen LogP contribution >= 0.6 is 0 Å². The zero-order valence-electron chi connectivity index (χ0n) is 25.3. The van der Waals surface area contributed by atoms with Crippen molar-refractivity contribution in [2.45, 2.75) is 49.7 Å². The molecule has 0 bridgehead atoms. The molecule has 0 saturated carbocycles. The van der Waals surface area contributed by atoms with Gasteiger partial charge in [-0.1, -0.05) is 97.6 Å². The normalized spacial score (nSPS) is 22.6. The number of imidazole rings is 1. The van der Waals surface area contributed by atoms with Gasteiger partial charge in [-0.2, -0.15) is 13.1 Å². The van der Waals surface area contributed by atoms with E-state index in [0.717, 1.165) is 16.7 Å². The molecule has 2 saturated heterocycles. The molecule has 236 valence electrons. The third-order valence-corrected chi connectivity index (χ3v) is 9.27. The van der Waals surface area contributed by atoms with Crippen LogP contribution in [0.5, 0.6) is 0 Å². The van der Waals surface area contributed by atoms with Crippen LogP contribution in [0, 0.1) is 0 Å². The molecule has 7 rings (SSSR count). The fourth-order valence-electron chi connectivity index (χ4n) is 6.34. The fourth-order valence-corrected chi connectivity index (χ4v) is 7.44. The van der Waals surface area contributed by atoms with Crippen molar-refractivity contribution in [3.63, 3.8) is 0 Å². The van der Waals surface area contributed by atoms with Crippen molar-refractivity contribution in [1.29, 1.82) is 0 Å². The fraction of sp³-hybridized carbons (Fsp3) is 0.265. The molecule has 0 aliphatic carbocycles. The zero-order chi connectivity index (χ0) is 31.9. The van der Waals surface area contributed by atoms with Gasteiger partial charge in [0.2, 0.25) is 0 Å². The SMILES string of the molecule is C=Cc1ncnc2c1ncn2[C@@H]1O[C@H](COS(=O)(=O)NC(c2ccccc2)(c2ccccc2)c2ccccc2)[C@H]2OC(C)(C)O[C@H]21. The highest BCUT2D eigenvalue weighted by atomic mass is 32.2. The van der Waals surface area contributed by atoms with Gasteiger partial charge in [-0.25, -0.2) is 15.0 Å². The van der Waals surface area contributed by atoms with Crippen molar-refractivity contribution in [3.8, 4) is 0 Å². The molecule has 0 radical (unpaired) electrons. The quantitative estimate of drug-likeness (QED) is 0.216. The molecule has 1 N–H and O–H groups in total. The van der Waals surface area contributed by atoms with Crippen molar-refractivity contribution >= 4 is 27.5 Å². The molecule has 0 amide bonds. The molecule has 0 spiro atoms. The topological polar surface area (TPSA) is 127 Å². The van der Waals surface area contributed by atoms with E-state index < -0.39 is 46.2 Å². The first-order valence-electron chi connectivity index (χ1n) is 14.9. The molecular weight excluding hydrogens is 606 g/mol. The first kappa shape index (κ1) is 30.4. The lowest BCUT2D eigenvalue weighted by atomic mass is 9.78. The van der Waals surface area contributed by atoms with Gasteiger partial charge in [0.05, 0.1) is 18.6 Å². The van der Waals surface area contributed by atoms with Crippen molar-refractivity contribution < 1.29 is 26.8 Å². The summed E-state index contributed by atoms with van der Waals surface area (Å²) in [7, 11) is -4.42. The summed E-state index contributed by atoms with van der Waals surface area (Å²) in [6, 6.07) is 28.2. The zero-order valence-corrected chi connectivity index (χ0v) is 26.1. The van der Waals surface area contributed by atoms with Gasteiger partial charge < -0.3 is 14.2 Å². The number of ether oxygens (including phenoxy) is 3. The number of hydrogen-bond acceptors (Lipinski definition) is 9. The van der Waals surface area contributed by atoms with Crippen LogP contribution in [0.2, 0.25) is 0 Å². The van der Waals surface area contributed by atoms with E-state index >= 15 is 0 Å². The molecule has 0 unspecified atom stereocenters. The van der Waals surface area contributed by atoms with Crippen molar-refractivity contribution in [2.24, 2.45) is 0 Å². The van der Waals surface area contributed by atoms with Crippen LogP contribution < -0.4 is 4.72 Å². The van der Waals surface area contributed by atoms with E-state index in [4.69, 9.17) is 18.4 Å². The highest BCUT2D eigenvalue weighted by molar-refractivity contribution is 7.84. The first-order chi connectivity index (χ1) is 22.2. The number of aromatic nitrogens is 4. The maximum atomic E-state index is 14.0. The predicted molar refractivity (Wildman–Crippen MR) is 170 cm³/mol. The van der Waals surface area contributed by atoms with Crippen molar-refractivity contribution in [1.82, 2.24) is 24.2 Å². The molecule has 3 aromatic carbocycles. The Labute approximate surface area is 267 Å². The van der Waals surface area contributed by atoms with Crippen molar-refractivity contribution in [2.75, 3.05) is 6.61 Å². The number of benzene rings is 3. The number of hydrogen-bond donors (Lipinski definition) is 1. The van der Waals surface area contributed by atoms with Gasteiger partial charge in [-0.15, -0.1) is 0 Å². The van der Waals surface area contributed by atoms with Gasteiger partial charge in [0, 0.05) is 0 Å². The second-order valence-electron chi connectivity index (χ2n) is 11.6. The van der Waals surface area contributed by atoms with E-state index in [1.54, 1.807) is 30.8 Å². The van der Waals surface area contributed by atoms with E-state index in [2.05, 4.69) is 26.3 Å². The van der Waals surface area contributed by atoms with Gasteiger partial charge in [0.25, 0.3) is 0 Å². The maximum absolute atomic E-state index is 14.0. The summed E-state index contributed by atoms with van der Waals surface area (Å²) < 4.78 is 57.2. The highest BCUT2D eigenvalue weighted by Crippen LogP contribution is 2.44. The Balaban J connectivity index is 1.21. The minimum absolute atomic E-state index is 0.333. The summed E-state index contributed by atoms with van der Waals surface area (Å²) in [5, 5.41) is 0. The molecule has 2 fully saturated rings. The number of nitrogens with zero attached hydrogens (tertiary/aromatic N) is 4. The molecule has 5 aromatic rings. The van der Waals surface area contributed by atoms with Gasteiger partial charge in [0.1, 0.15) is 35.7 Å². The number of nitrogens with one attached hydrogen (secondary N) is 1. The third-order valence-electron chi connectivity index (χ3n) is 8.27. The van der Waals surface area contributed by atoms with E-state index in [9.17, 15) is 8.42 Å². The molecule has 2 aromatic heterocycles. The largest absolute Gasteiger partial charge is 0.347 e. The van der Waals surface area contributed by atoms with Crippen LogP contribution in [0.1, 0.15) is 42.5 Å². The Kier molecular flexibility index (Phi) is 7.79. The van der Waals surface area contributed by atoms with E-state index in [1.165, 1.54) is 6.33 Å². The molecule has 2 aliphatic rings. The first-order valence-corrected chi connectivity index (χ1v) is 16.3. The standard InChI is InChI=1S/C34H33N5O6S/c1-4-26-28-31(36-21-35-26)39(22-37-28)32-30-29(44-33(2,3)45-30)27(43-32)20-42-46(40,41)38-34(23-14-8-5-9-15-23,24-16-10-6-11-17-24)25-18-12-7-13-19-25/h4-19,21-22,27,29-30,32,38H,1,20H2,2-3H3/t27-,29-,30-,32-/m1/s1. The van der Waals surface area contributed by atoms with Crippen LogP contribution in [-0.2, 0) is 34.2 Å². The third kappa shape index (κ3) is 5.42. The van der Waals surface area contributed by atoms with Gasteiger partial charge in [-0.05, 0) is 36.6 Å². The van der Waals surface area contributed by atoms with Crippen LogP contribution in [0.3, 0.4) is 0 Å². The maximum Gasteiger partial charge on any atom is 0.337 e. The van der Waals surface area contributed by atoms with Crippen molar-refractivity contribution in [3.05, 3.63) is 133 Å². The van der Waals surface area contributed by atoms with Crippen LogP contribution in [0.4, 0.5) is 0 Å². The molecule has 4 atom stereocenters. The lowest BCUT2D eigenvalue weighted by molar-refractivity contribution is -0.198. The van der Waals surface area contributed by atoms with Crippen LogP contribution in [-0.4, -0.2) is 58.6 Å². The number of rotatable bonds is 10. The molecule has 4 heterocycles. The highest BCUT2D eigenvalue weighted by Gasteiger charge is 2.56. The Morgan fingerprint density at radius 2 is 1.46 bits per heavy atom. The summed E-state index contributed by atoms with van der Waals surface area (Å²) in [6.45, 7) is 7.08. The average molecular weight is 640 g/mol. The second kappa shape index (κ2) is 11.8. The summed E-state index contributed by atoms with van der Waals surface area (Å²) >= 11 is 0. The Hall–Kier alpha value is -4.30. The van der Waals surface area contributed by atoms with Gasteiger partial charge in [0.15, 0.2) is 17.7 Å². The lowest BCUT2D eigenvalue weighted by Crippen LogP contribution is -2.49. The van der Waals surface area contributed by atoms with E-state index in [1.807, 2.05) is 91.0 Å². The predicted octanol–water partition coefficient (Wildman–Crippen LogP) is 4.73. The lowest BCUT2D eigenvalue weighted by Gasteiger charge is -2.36. The smallest absolute Gasteiger partial charge is 0.337 e. The van der Waals surface area contributed by atoms with Crippen LogP contribution in [0.25, 0.3) is 17.2 Å². The van der Waals surface area contributed by atoms with E-state index in [-0.39, 0.29) is 6.61 Å². The van der Waals surface area contributed by atoms with Gasteiger partial charge in [-0.3, -0.25) is 8.75 Å². The summed E-state index contributed by atoms with van der Waals surface area (Å²) in [5.41, 5.74) is 2.53. The second-order valence-corrected chi connectivity index (χ2v) is 13.0. The Bertz CT molecular complexity index is 1860. The molecule has 2 aliphatic heterocycles. The summed E-state index contributed by atoms with van der Waals surface area (Å²) in [6.07, 6.45) is 1.89. The minimum Gasteiger partial charge on any atom is -0.347 e. The van der Waals surface area contributed by atoms with Crippen LogP contribution in [0.15, 0.2) is 110 Å². The molecule has 11 nitrogen and oxygen atoms in total. The monoisotopic (exact) mass is 639 g/mol. The molecule has 46 heavy (non-hydrogen) atoms. The summed E-state index contributed by atoms with van der Waals surface area (Å²) in [4.78, 5) is 13.1. The minimum atomic E-state index is -4.42. The Morgan fingerprint density at radius 1 is 0.891 bits per heavy atom. The average Bonchev–Trinajstić information content (AvgIpc) is 3.74. The molecular formula is C34H33N5O6S.